The number of hydrogen-bond acceptors (Lipinski definition) is 4. The van der Waals surface area contributed by atoms with Gasteiger partial charge in [0.2, 0.25) is 6.29 Å². The summed E-state index contributed by atoms with van der Waals surface area (Å²) in [7, 11) is 1.61. The molecule has 0 aromatic heterocycles. The predicted molar refractivity (Wildman–Crippen MR) is 89.6 cm³/mol. The molecule has 0 spiro atoms. The zero-order valence-corrected chi connectivity index (χ0v) is 14.0. The van der Waals surface area contributed by atoms with Gasteiger partial charge < -0.3 is 19.9 Å². The molecule has 130 valence electrons. The molecule has 1 aromatic carbocycles. The normalized spacial score (nSPS) is 23.8. The molecule has 1 aliphatic carbocycles. The van der Waals surface area contributed by atoms with Crippen LogP contribution < -0.4 is 5.32 Å². The molecule has 2 N–H and O–H groups in total. The minimum Gasteiger partial charge on any atom is -0.459 e. The highest BCUT2D eigenvalue weighted by atomic mass is 16.7. The first-order chi connectivity index (χ1) is 11.7. The van der Waals surface area contributed by atoms with Crippen molar-refractivity contribution >= 4 is 5.91 Å². The predicted octanol–water partition coefficient (Wildman–Crippen LogP) is 2.49. The zero-order chi connectivity index (χ0) is 16.9. The molecular formula is C19H25NO4. The Bertz CT molecular complexity index is 592. The molecule has 1 heterocycles. The van der Waals surface area contributed by atoms with Crippen LogP contribution in [0.4, 0.5) is 0 Å². The molecule has 5 heteroatoms. The molecule has 5 nitrogen and oxygen atoms in total. The smallest absolute Gasteiger partial charge is 0.285 e. The summed E-state index contributed by atoms with van der Waals surface area (Å²) in [6.45, 7) is 0.463. The van der Waals surface area contributed by atoms with Crippen LogP contribution in [0.1, 0.15) is 36.8 Å². The molecule has 3 rings (SSSR count). The van der Waals surface area contributed by atoms with Gasteiger partial charge in [0, 0.05) is 13.5 Å². The van der Waals surface area contributed by atoms with Crippen molar-refractivity contribution in [2.24, 2.45) is 11.8 Å². The fourth-order valence-electron chi connectivity index (χ4n) is 3.19. The Balaban J connectivity index is 1.61. The van der Waals surface area contributed by atoms with Crippen molar-refractivity contribution < 1.29 is 19.4 Å². The average molecular weight is 331 g/mol. The van der Waals surface area contributed by atoms with E-state index < -0.39 is 6.29 Å². The van der Waals surface area contributed by atoms with Gasteiger partial charge in [0.1, 0.15) is 0 Å². The van der Waals surface area contributed by atoms with Crippen LogP contribution in [0.15, 0.2) is 36.1 Å². The molecule has 2 atom stereocenters. The van der Waals surface area contributed by atoms with Gasteiger partial charge in [0.15, 0.2) is 5.76 Å². The summed E-state index contributed by atoms with van der Waals surface area (Å²) in [5, 5.41) is 11.7. The molecule has 24 heavy (non-hydrogen) atoms. The second-order valence-electron chi connectivity index (χ2n) is 6.53. The third-order valence-electron chi connectivity index (χ3n) is 4.94. The van der Waals surface area contributed by atoms with Gasteiger partial charge in [-0.1, -0.05) is 30.7 Å². The lowest BCUT2D eigenvalue weighted by Gasteiger charge is -2.37. The minimum absolute atomic E-state index is 0.0379. The third-order valence-corrected chi connectivity index (χ3v) is 4.94. The van der Waals surface area contributed by atoms with Crippen LogP contribution in [-0.4, -0.2) is 24.4 Å². The van der Waals surface area contributed by atoms with Crippen LogP contribution in [0.3, 0.4) is 0 Å². The highest BCUT2D eigenvalue weighted by molar-refractivity contribution is 5.91. The summed E-state index contributed by atoms with van der Waals surface area (Å²) < 4.78 is 11.7. The number of aliphatic hydroxyl groups excluding tert-OH is 1. The summed E-state index contributed by atoms with van der Waals surface area (Å²) in [5.41, 5.74) is 1.90. The van der Waals surface area contributed by atoms with E-state index in [9.17, 15) is 4.79 Å². The largest absolute Gasteiger partial charge is 0.459 e. The zero-order valence-electron chi connectivity index (χ0n) is 14.0. The lowest BCUT2D eigenvalue weighted by molar-refractivity contribution is -0.156. The second-order valence-corrected chi connectivity index (χ2v) is 6.53. The van der Waals surface area contributed by atoms with Gasteiger partial charge in [-0.2, -0.15) is 0 Å². The SMILES string of the molecule is CNC(=O)C1=C[C@@H](C2CCC2)C[C@@H](OCc2ccc(CO)cc2)O1. The number of hydrogen-bond donors (Lipinski definition) is 2. The van der Waals surface area contributed by atoms with Gasteiger partial charge in [0.25, 0.3) is 5.91 Å². The fourth-order valence-corrected chi connectivity index (χ4v) is 3.19. The van der Waals surface area contributed by atoms with Crippen molar-refractivity contribution in [3.8, 4) is 0 Å². The van der Waals surface area contributed by atoms with E-state index in [2.05, 4.69) is 5.32 Å². The average Bonchev–Trinajstić information content (AvgIpc) is 2.58. The summed E-state index contributed by atoms with van der Waals surface area (Å²) in [4.78, 5) is 11.9. The maximum atomic E-state index is 11.9. The summed E-state index contributed by atoms with van der Waals surface area (Å²) in [5.74, 6) is 1.17. The molecule has 1 aromatic rings. The highest BCUT2D eigenvalue weighted by Gasteiger charge is 2.34. The number of carbonyl (C=O) groups is 1. The molecule has 2 aliphatic rings. The molecule has 0 bridgehead atoms. The second kappa shape index (κ2) is 7.81. The number of rotatable bonds is 6. The number of carbonyl (C=O) groups excluding carboxylic acids is 1. The third kappa shape index (κ3) is 3.97. The number of benzene rings is 1. The summed E-state index contributed by atoms with van der Waals surface area (Å²) >= 11 is 0. The quantitative estimate of drug-likeness (QED) is 0.840. The van der Waals surface area contributed by atoms with E-state index in [0.717, 1.165) is 17.5 Å². The van der Waals surface area contributed by atoms with Crippen LogP contribution in [0, 0.1) is 11.8 Å². The van der Waals surface area contributed by atoms with Gasteiger partial charge in [-0.25, -0.2) is 0 Å². The standard InChI is InChI=1S/C19H25NO4/c1-20-19(22)17-9-16(15-3-2-4-15)10-18(24-17)23-12-14-7-5-13(11-21)6-8-14/h5-9,15-16,18,21H,2-4,10-12H2,1H3,(H,20,22)/t16-,18+/m1/s1. The Morgan fingerprint density at radius 3 is 2.58 bits per heavy atom. The molecule has 1 fully saturated rings. The van der Waals surface area contributed by atoms with Crippen molar-refractivity contribution in [3.05, 3.63) is 47.2 Å². The fraction of sp³-hybridized carbons (Fsp3) is 0.526. The Kier molecular flexibility index (Phi) is 5.53. The van der Waals surface area contributed by atoms with Crippen molar-refractivity contribution in [2.45, 2.75) is 45.2 Å². The molecule has 1 amide bonds. The van der Waals surface area contributed by atoms with Crippen molar-refractivity contribution in [2.75, 3.05) is 7.05 Å². The van der Waals surface area contributed by atoms with E-state index in [1.807, 2.05) is 30.3 Å². The minimum atomic E-state index is -0.398. The Labute approximate surface area is 142 Å². The number of amides is 1. The first-order valence-corrected chi connectivity index (χ1v) is 8.60. The first-order valence-electron chi connectivity index (χ1n) is 8.60. The Hall–Kier alpha value is -1.85. The number of aliphatic hydroxyl groups is 1. The van der Waals surface area contributed by atoms with E-state index in [4.69, 9.17) is 14.6 Å². The lowest BCUT2D eigenvalue weighted by atomic mass is 9.73. The van der Waals surface area contributed by atoms with Crippen LogP contribution >= 0.6 is 0 Å². The molecule has 0 saturated heterocycles. The van der Waals surface area contributed by atoms with Gasteiger partial charge in [-0.15, -0.1) is 0 Å². The van der Waals surface area contributed by atoms with E-state index in [1.165, 1.54) is 19.3 Å². The van der Waals surface area contributed by atoms with Gasteiger partial charge in [-0.3, -0.25) is 4.79 Å². The van der Waals surface area contributed by atoms with E-state index in [1.54, 1.807) is 7.05 Å². The van der Waals surface area contributed by atoms with Gasteiger partial charge >= 0.3 is 0 Å². The summed E-state index contributed by atoms with van der Waals surface area (Å²) in [6.07, 6.45) is 6.08. The van der Waals surface area contributed by atoms with Crippen molar-refractivity contribution in [1.82, 2.24) is 5.32 Å². The topological polar surface area (TPSA) is 67.8 Å². The Morgan fingerprint density at radius 2 is 2.00 bits per heavy atom. The maximum Gasteiger partial charge on any atom is 0.285 e. The van der Waals surface area contributed by atoms with Gasteiger partial charge in [-0.05, 0) is 41.9 Å². The molecule has 0 unspecified atom stereocenters. The molecule has 0 radical (unpaired) electrons. The number of allylic oxidation sites excluding steroid dienone is 1. The molecular weight excluding hydrogens is 306 g/mol. The number of nitrogens with one attached hydrogen (secondary N) is 1. The van der Waals surface area contributed by atoms with E-state index in [0.29, 0.717) is 24.2 Å². The van der Waals surface area contributed by atoms with Crippen LogP contribution in [0.2, 0.25) is 0 Å². The monoisotopic (exact) mass is 331 g/mol. The number of likely N-dealkylation sites (N-methyl/N-ethyl adjacent to an activating group) is 1. The molecule has 1 saturated carbocycles. The first kappa shape index (κ1) is 17.0. The van der Waals surface area contributed by atoms with Gasteiger partial charge in [0.05, 0.1) is 13.2 Å². The maximum absolute atomic E-state index is 11.9. The van der Waals surface area contributed by atoms with Crippen molar-refractivity contribution in [1.29, 1.82) is 0 Å². The lowest BCUT2D eigenvalue weighted by Crippen LogP contribution is -2.35. The van der Waals surface area contributed by atoms with E-state index in [-0.39, 0.29) is 12.5 Å². The Morgan fingerprint density at radius 1 is 1.29 bits per heavy atom. The van der Waals surface area contributed by atoms with Crippen LogP contribution in [0.25, 0.3) is 0 Å². The number of ether oxygens (including phenoxy) is 2. The highest BCUT2D eigenvalue weighted by Crippen LogP contribution is 2.39. The summed E-state index contributed by atoms with van der Waals surface area (Å²) in [6, 6.07) is 7.64. The van der Waals surface area contributed by atoms with Crippen LogP contribution in [-0.2, 0) is 27.5 Å². The van der Waals surface area contributed by atoms with Crippen molar-refractivity contribution in [3.63, 3.8) is 0 Å². The molecule has 1 aliphatic heterocycles. The van der Waals surface area contributed by atoms with Crippen LogP contribution in [0.5, 0.6) is 0 Å². The van der Waals surface area contributed by atoms with E-state index >= 15 is 0 Å².